The number of hydrogen-bond donors (Lipinski definition) is 1. The minimum Gasteiger partial charge on any atom is -0.398 e. The predicted molar refractivity (Wildman–Crippen MR) is 65.8 cm³/mol. The van der Waals surface area contributed by atoms with Crippen molar-refractivity contribution in [2.45, 2.75) is 6.92 Å². The van der Waals surface area contributed by atoms with Gasteiger partial charge in [0.05, 0.1) is 6.20 Å². The molecule has 1 aromatic carbocycles. The highest BCUT2D eigenvalue weighted by Crippen LogP contribution is 2.19. The van der Waals surface area contributed by atoms with Crippen LogP contribution in [-0.4, -0.2) is 20.0 Å². The van der Waals surface area contributed by atoms with E-state index in [4.69, 9.17) is 5.73 Å². The van der Waals surface area contributed by atoms with Crippen molar-refractivity contribution >= 4 is 16.7 Å². The molecule has 0 radical (unpaired) electrons. The zero-order chi connectivity index (χ0) is 11.8. The lowest BCUT2D eigenvalue weighted by atomic mass is 10.2. The summed E-state index contributed by atoms with van der Waals surface area (Å²) < 4.78 is 0. The quantitative estimate of drug-likeness (QED) is 0.640. The van der Waals surface area contributed by atoms with Gasteiger partial charge in [-0.2, -0.15) is 0 Å². The van der Waals surface area contributed by atoms with Gasteiger partial charge in [0.1, 0.15) is 16.7 Å². The number of pyridine rings is 1. The summed E-state index contributed by atoms with van der Waals surface area (Å²) in [6, 6.07) is 7.53. The van der Waals surface area contributed by atoms with E-state index in [1.165, 1.54) is 0 Å². The topological polar surface area (TPSA) is 69.6 Å². The van der Waals surface area contributed by atoms with Gasteiger partial charge in [-0.15, -0.1) is 15.0 Å². The van der Waals surface area contributed by atoms with Crippen molar-refractivity contribution in [3.8, 4) is 5.69 Å². The maximum absolute atomic E-state index is 5.84. The summed E-state index contributed by atoms with van der Waals surface area (Å²) in [6.45, 7) is 1.96. The number of nitrogens with zero attached hydrogens (tertiary/aromatic N) is 4. The molecule has 3 aromatic rings. The summed E-state index contributed by atoms with van der Waals surface area (Å²) >= 11 is 0. The number of fused-ring (bicyclic) bond motifs is 1. The number of benzene rings is 1. The Hall–Kier alpha value is -2.43. The molecule has 0 fully saturated rings. The third-order valence-electron chi connectivity index (χ3n) is 2.64. The van der Waals surface area contributed by atoms with Gasteiger partial charge in [0, 0.05) is 11.9 Å². The van der Waals surface area contributed by atoms with E-state index in [9.17, 15) is 0 Å². The molecule has 2 aromatic heterocycles. The number of aromatic nitrogens is 4. The lowest BCUT2D eigenvalue weighted by Gasteiger charge is -1.95. The van der Waals surface area contributed by atoms with Crippen molar-refractivity contribution < 1.29 is 0 Å². The van der Waals surface area contributed by atoms with Gasteiger partial charge in [0.25, 0.3) is 0 Å². The van der Waals surface area contributed by atoms with Crippen LogP contribution in [0.1, 0.15) is 5.56 Å². The van der Waals surface area contributed by atoms with Gasteiger partial charge < -0.3 is 5.73 Å². The molecule has 0 saturated carbocycles. The van der Waals surface area contributed by atoms with Crippen LogP contribution in [-0.2, 0) is 0 Å². The van der Waals surface area contributed by atoms with E-state index in [1.807, 2.05) is 31.2 Å². The van der Waals surface area contributed by atoms with Gasteiger partial charge in [-0.1, -0.05) is 0 Å². The molecule has 2 heterocycles. The Kier molecular flexibility index (Phi) is 2.04. The van der Waals surface area contributed by atoms with Gasteiger partial charge in [-0.25, -0.2) is 0 Å². The second-order valence-corrected chi connectivity index (χ2v) is 3.90. The molecule has 0 bridgehead atoms. The first kappa shape index (κ1) is 9.77. The summed E-state index contributed by atoms with van der Waals surface area (Å²) in [6.07, 6.45) is 3.43. The molecular weight excluding hydrogens is 214 g/mol. The first-order chi connectivity index (χ1) is 8.24. The van der Waals surface area contributed by atoms with Crippen LogP contribution in [0.3, 0.4) is 0 Å². The van der Waals surface area contributed by atoms with Gasteiger partial charge >= 0.3 is 0 Å². The second kappa shape index (κ2) is 3.55. The van der Waals surface area contributed by atoms with Crippen molar-refractivity contribution in [2.24, 2.45) is 0 Å². The maximum Gasteiger partial charge on any atom is 0.115 e. The first-order valence-corrected chi connectivity index (χ1v) is 5.27. The molecule has 17 heavy (non-hydrogen) atoms. The Bertz CT molecular complexity index is 633. The molecule has 0 spiro atoms. The fourth-order valence-corrected chi connectivity index (χ4v) is 1.67. The molecular formula is C12H11N5. The number of rotatable bonds is 1. The van der Waals surface area contributed by atoms with Gasteiger partial charge in [-0.3, -0.25) is 4.98 Å². The standard InChI is InChI=1S/C12H11N5/c1-8-5-11-12(6-10(8)13)16-17(15-11)9-3-2-4-14-7-9/h2-7H,13H2,1H3. The molecule has 0 aliphatic heterocycles. The average Bonchev–Trinajstić information content (AvgIpc) is 2.74. The zero-order valence-electron chi connectivity index (χ0n) is 9.33. The highest BCUT2D eigenvalue weighted by Gasteiger charge is 2.06. The van der Waals surface area contributed by atoms with E-state index in [0.717, 1.165) is 28.0 Å². The van der Waals surface area contributed by atoms with Crippen LogP contribution < -0.4 is 5.73 Å². The van der Waals surface area contributed by atoms with E-state index < -0.39 is 0 Å². The maximum atomic E-state index is 5.84. The second-order valence-electron chi connectivity index (χ2n) is 3.90. The molecule has 84 valence electrons. The highest BCUT2D eigenvalue weighted by molar-refractivity contribution is 5.79. The fourth-order valence-electron chi connectivity index (χ4n) is 1.67. The molecule has 0 aliphatic rings. The van der Waals surface area contributed by atoms with Crippen molar-refractivity contribution in [1.29, 1.82) is 0 Å². The van der Waals surface area contributed by atoms with Crippen LogP contribution in [0.2, 0.25) is 0 Å². The smallest absolute Gasteiger partial charge is 0.115 e. The molecule has 0 aliphatic carbocycles. The number of nitrogens with two attached hydrogens (primary N) is 1. The number of nitrogen functional groups attached to an aromatic ring is 1. The molecule has 3 rings (SSSR count). The summed E-state index contributed by atoms with van der Waals surface area (Å²) in [7, 11) is 0. The van der Waals surface area contributed by atoms with Crippen molar-refractivity contribution in [1.82, 2.24) is 20.0 Å². The van der Waals surface area contributed by atoms with E-state index >= 15 is 0 Å². The van der Waals surface area contributed by atoms with E-state index in [2.05, 4.69) is 15.2 Å². The van der Waals surface area contributed by atoms with Crippen molar-refractivity contribution in [3.05, 3.63) is 42.2 Å². The SMILES string of the molecule is Cc1cc2nn(-c3cccnc3)nc2cc1N. The first-order valence-electron chi connectivity index (χ1n) is 5.27. The summed E-state index contributed by atoms with van der Waals surface area (Å²) in [5.74, 6) is 0. The number of aryl methyl sites for hydroxylation is 1. The van der Waals surface area contributed by atoms with Gasteiger partial charge in [0.15, 0.2) is 0 Å². The lowest BCUT2D eigenvalue weighted by molar-refractivity contribution is 0.762. The van der Waals surface area contributed by atoms with Gasteiger partial charge in [0.2, 0.25) is 0 Å². The van der Waals surface area contributed by atoms with E-state index in [0.29, 0.717) is 0 Å². The number of hydrogen-bond acceptors (Lipinski definition) is 4. The third-order valence-corrected chi connectivity index (χ3v) is 2.64. The summed E-state index contributed by atoms with van der Waals surface area (Å²) in [5.41, 5.74) is 10.0. The molecule has 0 saturated heterocycles. The molecule has 5 nitrogen and oxygen atoms in total. The Morgan fingerprint density at radius 1 is 1.18 bits per heavy atom. The van der Waals surface area contributed by atoms with E-state index in [-0.39, 0.29) is 0 Å². The van der Waals surface area contributed by atoms with Crippen LogP contribution in [0.4, 0.5) is 5.69 Å². The normalized spacial score (nSPS) is 10.9. The molecule has 5 heteroatoms. The van der Waals surface area contributed by atoms with E-state index in [1.54, 1.807) is 17.2 Å². The highest BCUT2D eigenvalue weighted by atomic mass is 15.5. The van der Waals surface area contributed by atoms with Gasteiger partial charge in [-0.05, 0) is 36.8 Å². The zero-order valence-corrected chi connectivity index (χ0v) is 9.33. The fraction of sp³-hybridized carbons (Fsp3) is 0.0833. The number of anilines is 1. The average molecular weight is 225 g/mol. The monoisotopic (exact) mass is 225 g/mol. The van der Waals surface area contributed by atoms with Crippen LogP contribution in [0, 0.1) is 6.92 Å². The van der Waals surface area contributed by atoms with Crippen LogP contribution in [0.25, 0.3) is 16.7 Å². The predicted octanol–water partition coefficient (Wildman–Crippen LogP) is 1.71. The Morgan fingerprint density at radius 2 is 1.94 bits per heavy atom. The Morgan fingerprint density at radius 3 is 2.65 bits per heavy atom. The minimum atomic E-state index is 0.732. The van der Waals surface area contributed by atoms with Crippen LogP contribution >= 0.6 is 0 Å². The lowest BCUT2D eigenvalue weighted by Crippen LogP contribution is -1.98. The molecule has 0 unspecified atom stereocenters. The summed E-state index contributed by atoms with van der Waals surface area (Å²) in [5, 5.41) is 8.77. The molecule has 2 N–H and O–H groups in total. The van der Waals surface area contributed by atoms with Crippen molar-refractivity contribution in [3.63, 3.8) is 0 Å². The third kappa shape index (κ3) is 1.61. The Balaban J connectivity index is 2.21. The van der Waals surface area contributed by atoms with Crippen LogP contribution in [0.15, 0.2) is 36.7 Å². The minimum absolute atomic E-state index is 0.732. The van der Waals surface area contributed by atoms with Crippen molar-refractivity contribution in [2.75, 3.05) is 5.73 Å². The van der Waals surface area contributed by atoms with Crippen LogP contribution in [0.5, 0.6) is 0 Å². The molecule has 0 atom stereocenters. The molecule has 0 amide bonds. The Labute approximate surface area is 97.9 Å². The largest absolute Gasteiger partial charge is 0.398 e. The summed E-state index contributed by atoms with van der Waals surface area (Å²) in [4.78, 5) is 5.61.